The van der Waals surface area contributed by atoms with Crippen LogP contribution in [0.3, 0.4) is 0 Å². The van der Waals surface area contributed by atoms with Gasteiger partial charge in [-0.05, 0) is 45.8 Å². The Bertz CT molecular complexity index is 822. The molecule has 3 rings (SSSR count). The van der Waals surface area contributed by atoms with Crippen molar-refractivity contribution < 1.29 is 28.2 Å². The van der Waals surface area contributed by atoms with Crippen molar-refractivity contribution in [2.45, 2.75) is 13.0 Å². The SMILES string of the molecule is O=C(CNC(=O)c1ccc(Br)o1)OCc1cc(Cl)c2c(c1)OCCCO2. The minimum atomic E-state index is -0.591. The molecule has 1 aromatic heterocycles. The molecular formula is C17H15BrClNO6. The summed E-state index contributed by atoms with van der Waals surface area (Å²) in [7, 11) is 0. The molecule has 0 bridgehead atoms. The van der Waals surface area contributed by atoms with E-state index in [2.05, 4.69) is 21.2 Å². The highest BCUT2D eigenvalue weighted by Crippen LogP contribution is 2.38. The topological polar surface area (TPSA) is 87.0 Å². The van der Waals surface area contributed by atoms with Crippen molar-refractivity contribution in [1.29, 1.82) is 0 Å². The monoisotopic (exact) mass is 443 g/mol. The number of nitrogens with one attached hydrogen (secondary N) is 1. The maximum absolute atomic E-state index is 11.8. The second kappa shape index (κ2) is 8.46. The molecule has 0 fully saturated rings. The Kier molecular flexibility index (Phi) is 6.05. The molecule has 26 heavy (non-hydrogen) atoms. The normalized spacial score (nSPS) is 13.0. The summed E-state index contributed by atoms with van der Waals surface area (Å²) in [6.45, 7) is 0.779. The van der Waals surface area contributed by atoms with E-state index < -0.39 is 11.9 Å². The molecule has 1 N–H and O–H groups in total. The van der Waals surface area contributed by atoms with Crippen LogP contribution in [0.4, 0.5) is 0 Å². The molecule has 0 aliphatic carbocycles. The first-order valence-corrected chi connectivity index (χ1v) is 8.97. The van der Waals surface area contributed by atoms with Crippen LogP contribution in [0.2, 0.25) is 5.02 Å². The van der Waals surface area contributed by atoms with Crippen molar-refractivity contribution in [2.24, 2.45) is 0 Å². The van der Waals surface area contributed by atoms with Gasteiger partial charge in [0.1, 0.15) is 13.2 Å². The summed E-state index contributed by atoms with van der Waals surface area (Å²) in [6.07, 6.45) is 0.765. The van der Waals surface area contributed by atoms with Gasteiger partial charge < -0.3 is 23.9 Å². The van der Waals surface area contributed by atoms with Gasteiger partial charge in [0.05, 0.1) is 18.2 Å². The molecule has 1 aliphatic heterocycles. The molecule has 9 heteroatoms. The fourth-order valence-corrected chi connectivity index (χ4v) is 2.85. The number of ether oxygens (including phenoxy) is 3. The van der Waals surface area contributed by atoms with Gasteiger partial charge in [0.25, 0.3) is 5.91 Å². The van der Waals surface area contributed by atoms with Crippen molar-refractivity contribution >= 4 is 39.4 Å². The standard InChI is InChI=1S/C17H15BrClNO6/c18-14-3-2-12(26-14)17(22)20-8-15(21)25-9-10-6-11(19)16-13(7-10)23-4-1-5-24-16/h2-3,6-7H,1,4-5,8-9H2,(H,20,22). The van der Waals surface area contributed by atoms with Gasteiger partial charge in [-0.3, -0.25) is 9.59 Å². The number of fused-ring (bicyclic) bond motifs is 1. The number of amides is 1. The zero-order valence-electron chi connectivity index (χ0n) is 13.6. The van der Waals surface area contributed by atoms with Crippen LogP contribution in [0.25, 0.3) is 0 Å². The summed E-state index contributed by atoms with van der Waals surface area (Å²) in [5.41, 5.74) is 0.661. The van der Waals surface area contributed by atoms with E-state index in [1.807, 2.05) is 0 Å². The van der Waals surface area contributed by atoms with Crippen LogP contribution < -0.4 is 14.8 Å². The Labute approximate surface area is 162 Å². The maximum Gasteiger partial charge on any atom is 0.325 e. The summed E-state index contributed by atoms with van der Waals surface area (Å²) >= 11 is 9.29. The number of halogens is 2. The van der Waals surface area contributed by atoms with E-state index in [1.165, 1.54) is 6.07 Å². The van der Waals surface area contributed by atoms with Crippen LogP contribution in [0.5, 0.6) is 11.5 Å². The third-order valence-corrected chi connectivity index (χ3v) is 4.16. The number of carbonyl (C=O) groups excluding carboxylic acids is 2. The molecule has 7 nitrogen and oxygen atoms in total. The molecule has 2 aromatic rings. The smallest absolute Gasteiger partial charge is 0.325 e. The molecule has 0 saturated heterocycles. The predicted molar refractivity (Wildman–Crippen MR) is 95.6 cm³/mol. The predicted octanol–water partition coefficient (Wildman–Crippen LogP) is 3.33. The van der Waals surface area contributed by atoms with Gasteiger partial charge in [-0.15, -0.1) is 0 Å². The van der Waals surface area contributed by atoms with Crippen LogP contribution in [-0.4, -0.2) is 31.6 Å². The second-order valence-corrected chi connectivity index (χ2v) is 6.59. The highest BCUT2D eigenvalue weighted by atomic mass is 79.9. The lowest BCUT2D eigenvalue weighted by atomic mass is 10.2. The first kappa shape index (κ1) is 18.6. The minimum absolute atomic E-state index is 0.00262. The van der Waals surface area contributed by atoms with Gasteiger partial charge in [0.2, 0.25) is 0 Å². The third-order valence-electron chi connectivity index (χ3n) is 3.45. The fraction of sp³-hybridized carbons (Fsp3) is 0.294. The Hall–Kier alpha value is -2.19. The van der Waals surface area contributed by atoms with Crippen LogP contribution in [-0.2, 0) is 16.1 Å². The van der Waals surface area contributed by atoms with E-state index >= 15 is 0 Å². The van der Waals surface area contributed by atoms with Crippen molar-refractivity contribution in [2.75, 3.05) is 19.8 Å². The number of furan rings is 1. The molecule has 138 valence electrons. The molecule has 1 aromatic carbocycles. The van der Waals surface area contributed by atoms with Crippen molar-refractivity contribution in [3.63, 3.8) is 0 Å². The lowest BCUT2D eigenvalue weighted by molar-refractivity contribution is -0.143. The third kappa shape index (κ3) is 4.70. The summed E-state index contributed by atoms with van der Waals surface area (Å²) in [4.78, 5) is 23.6. The van der Waals surface area contributed by atoms with E-state index in [9.17, 15) is 9.59 Å². The summed E-state index contributed by atoms with van der Waals surface area (Å²) < 4.78 is 21.8. The van der Waals surface area contributed by atoms with Gasteiger partial charge in [-0.1, -0.05) is 11.6 Å². The molecule has 0 saturated carbocycles. The molecule has 0 radical (unpaired) electrons. The van der Waals surface area contributed by atoms with Gasteiger partial charge in [0.15, 0.2) is 21.9 Å². The average Bonchev–Trinajstić information content (AvgIpc) is 2.91. The molecule has 0 unspecified atom stereocenters. The number of benzene rings is 1. The molecule has 1 amide bonds. The van der Waals surface area contributed by atoms with Crippen molar-refractivity contribution in [3.05, 3.63) is 45.3 Å². The van der Waals surface area contributed by atoms with Crippen molar-refractivity contribution in [1.82, 2.24) is 5.32 Å². The van der Waals surface area contributed by atoms with Gasteiger partial charge in [-0.25, -0.2) is 0 Å². The molecule has 1 aliphatic rings. The summed E-state index contributed by atoms with van der Waals surface area (Å²) in [6, 6.07) is 6.45. The van der Waals surface area contributed by atoms with Crippen LogP contribution in [0, 0.1) is 0 Å². The zero-order valence-corrected chi connectivity index (χ0v) is 15.9. The van der Waals surface area contributed by atoms with E-state index in [0.717, 1.165) is 6.42 Å². The highest BCUT2D eigenvalue weighted by molar-refractivity contribution is 9.10. The number of esters is 1. The maximum atomic E-state index is 11.8. The quantitative estimate of drug-likeness (QED) is 0.712. The number of rotatable bonds is 5. The van der Waals surface area contributed by atoms with E-state index in [-0.39, 0.29) is 18.9 Å². The number of hydrogen-bond acceptors (Lipinski definition) is 6. The summed E-state index contributed by atoms with van der Waals surface area (Å²) in [5, 5.41) is 2.81. The average molecular weight is 445 g/mol. The van der Waals surface area contributed by atoms with E-state index in [0.29, 0.717) is 40.0 Å². The van der Waals surface area contributed by atoms with Crippen LogP contribution in [0.15, 0.2) is 33.4 Å². The second-order valence-electron chi connectivity index (χ2n) is 5.40. The first-order chi connectivity index (χ1) is 12.5. The van der Waals surface area contributed by atoms with E-state index in [4.69, 9.17) is 30.2 Å². The fourth-order valence-electron chi connectivity index (χ4n) is 2.26. The first-order valence-electron chi connectivity index (χ1n) is 7.80. The Morgan fingerprint density at radius 3 is 2.81 bits per heavy atom. The largest absolute Gasteiger partial charge is 0.489 e. The van der Waals surface area contributed by atoms with Crippen molar-refractivity contribution in [3.8, 4) is 11.5 Å². The molecule has 0 spiro atoms. The Morgan fingerprint density at radius 1 is 1.23 bits per heavy atom. The van der Waals surface area contributed by atoms with Gasteiger partial charge in [-0.2, -0.15) is 0 Å². The molecule has 0 atom stereocenters. The number of carbonyl (C=O) groups is 2. The van der Waals surface area contributed by atoms with Crippen LogP contribution in [0.1, 0.15) is 22.5 Å². The zero-order chi connectivity index (χ0) is 18.5. The van der Waals surface area contributed by atoms with Crippen LogP contribution >= 0.6 is 27.5 Å². The highest BCUT2D eigenvalue weighted by Gasteiger charge is 2.17. The minimum Gasteiger partial charge on any atom is -0.489 e. The van der Waals surface area contributed by atoms with Gasteiger partial charge >= 0.3 is 5.97 Å². The Balaban J connectivity index is 1.52. The van der Waals surface area contributed by atoms with E-state index in [1.54, 1.807) is 18.2 Å². The molecule has 2 heterocycles. The lowest BCUT2D eigenvalue weighted by Gasteiger charge is -2.12. The van der Waals surface area contributed by atoms with Gasteiger partial charge in [0, 0.05) is 6.42 Å². The Morgan fingerprint density at radius 2 is 2.04 bits per heavy atom. The molecular weight excluding hydrogens is 430 g/mol. The summed E-state index contributed by atoms with van der Waals surface area (Å²) in [5.74, 6) is 0.0201. The number of hydrogen-bond donors (Lipinski definition) is 1. The lowest BCUT2D eigenvalue weighted by Crippen LogP contribution is -2.30.